The van der Waals surface area contributed by atoms with Crippen LogP contribution in [-0.4, -0.2) is 25.0 Å². The summed E-state index contributed by atoms with van der Waals surface area (Å²) in [6.07, 6.45) is 5.32. The zero-order chi connectivity index (χ0) is 13.5. The van der Waals surface area contributed by atoms with Gasteiger partial charge in [-0.2, -0.15) is 0 Å². The molecule has 0 bridgehead atoms. The second kappa shape index (κ2) is 7.58. The van der Waals surface area contributed by atoms with Crippen molar-refractivity contribution in [1.29, 1.82) is 0 Å². The summed E-state index contributed by atoms with van der Waals surface area (Å²) in [5.41, 5.74) is 1.40. The molecule has 1 heterocycles. The quantitative estimate of drug-likeness (QED) is 0.762. The van der Waals surface area contributed by atoms with Crippen LogP contribution in [0.25, 0.3) is 0 Å². The summed E-state index contributed by atoms with van der Waals surface area (Å²) in [5, 5.41) is 3.48. The van der Waals surface area contributed by atoms with E-state index in [0.717, 1.165) is 19.6 Å². The zero-order valence-corrected chi connectivity index (χ0v) is 12.7. The van der Waals surface area contributed by atoms with E-state index in [4.69, 9.17) is 6.42 Å². The minimum absolute atomic E-state index is 0.701. The van der Waals surface area contributed by atoms with Gasteiger partial charge in [0.1, 0.15) is 0 Å². The lowest BCUT2D eigenvalue weighted by molar-refractivity contribution is 0.369. The highest BCUT2D eigenvalue weighted by Crippen LogP contribution is 2.22. The molecule has 0 radical (unpaired) electrons. The molecular formula is C15H24N2S. The molecule has 0 unspecified atom stereocenters. The Morgan fingerprint density at radius 1 is 1.50 bits per heavy atom. The van der Waals surface area contributed by atoms with Crippen LogP contribution < -0.4 is 5.32 Å². The Morgan fingerprint density at radius 2 is 2.22 bits per heavy atom. The van der Waals surface area contributed by atoms with Crippen LogP contribution in [0.4, 0.5) is 0 Å². The molecule has 2 nitrogen and oxygen atoms in total. The molecular weight excluding hydrogens is 240 g/mol. The fourth-order valence-corrected chi connectivity index (χ4v) is 2.84. The van der Waals surface area contributed by atoms with Crippen LogP contribution in [0.15, 0.2) is 6.07 Å². The first kappa shape index (κ1) is 15.2. The number of hydrogen-bond donors (Lipinski definition) is 1. The van der Waals surface area contributed by atoms with E-state index < -0.39 is 0 Å². The molecule has 0 aliphatic rings. The molecule has 0 aromatic carbocycles. The molecule has 0 aliphatic heterocycles. The van der Waals surface area contributed by atoms with E-state index in [1.807, 2.05) is 11.3 Å². The average Bonchev–Trinajstić information content (AvgIpc) is 2.59. The minimum Gasteiger partial charge on any atom is -0.312 e. The number of rotatable bonds is 7. The summed E-state index contributed by atoms with van der Waals surface area (Å²) in [5.74, 6) is 3.38. The van der Waals surface area contributed by atoms with E-state index in [1.54, 1.807) is 0 Å². The Morgan fingerprint density at radius 3 is 2.83 bits per heavy atom. The van der Waals surface area contributed by atoms with Gasteiger partial charge in [-0.25, -0.2) is 0 Å². The fraction of sp³-hybridized carbons (Fsp3) is 0.600. The van der Waals surface area contributed by atoms with Gasteiger partial charge in [-0.3, -0.25) is 4.90 Å². The fourth-order valence-electron chi connectivity index (χ4n) is 1.82. The molecule has 1 aromatic heterocycles. The maximum Gasteiger partial charge on any atom is 0.0599 e. The number of thiophene rings is 1. The van der Waals surface area contributed by atoms with Crippen LogP contribution >= 0.6 is 11.3 Å². The van der Waals surface area contributed by atoms with Gasteiger partial charge < -0.3 is 5.32 Å². The molecule has 1 aromatic rings. The molecule has 100 valence electrons. The molecule has 3 heteroatoms. The standard InChI is InChI=1S/C15H24N2S/c1-6-7-17(5)11-14-8-15(18-13(14)4)10-16-9-12(2)3/h1,8,12,16H,7,9-11H2,2-5H3. The molecule has 0 spiro atoms. The topological polar surface area (TPSA) is 15.3 Å². The number of nitrogens with zero attached hydrogens (tertiary/aromatic N) is 1. The third-order valence-electron chi connectivity index (χ3n) is 2.72. The molecule has 18 heavy (non-hydrogen) atoms. The summed E-state index contributed by atoms with van der Waals surface area (Å²) in [7, 11) is 2.06. The van der Waals surface area contributed by atoms with Crippen LogP contribution in [0, 0.1) is 25.2 Å². The monoisotopic (exact) mass is 264 g/mol. The van der Waals surface area contributed by atoms with Crippen LogP contribution in [-0.2, 0) is 13.1 Å². The average molecular weight is 264 g/mol. The number of hydrogen-bond acceptors (Lipinski definition) is 3. The van der Waals surface area contributed by atoms with Crippen LogP contribution in [0.2, 0.25) is 0 Å². The van der Waals surface area contributed by atoms with Crippen molar-refractivity contribution in [3.63, 3.8) is 0 Å². The van der Waals surface area contributed by atoms with E-state index in [1.165, 1.54) is 15.3 Å². The molecule has 0 aliphatic carbocycles. The molecule has 0 amide bonds. The maximum atomic E-state index is 5.32. The second-order valence-corrected chi connectivity index (χ2v) is 6.54. The third-order valence-corrected chi connectivity index (χ3v) is 3.82. The lowest BCUT2D eigenvalue weighted by Crippen LogP contribution is -2.18. The first-order chi connectivity index (χ1) is 8.52. The SMILES string of the molecule is C#CCN(C)Cc1cc(CNCC(C)C)sc1C. The number of terminal acetylenes is 1. The van der Waals surface area contributed by atoms with Gasteiger partial charge >= 0.3 is 0 Å². The summed E-state index contributed by atoms with van der Waals surface area (Å²) in [4.78, 5) is 4.98. The molecule has 1 N–H and O–H groups in total. The highest BCUT2D eigenvalue weighted by atomic mass is 32.1. The first-order valence-electron chi connectivity index (χ1n) is 6.43. The smallest absolute Gasteiger partial charge is 0.0599 e. The minimum atomic E-state index is 0.701. The van der Waals surface area contributed by atoms with Crippen molar-refractivity contribution in [1.82, 2.24) is 10.2 Å². The van der Waals surface area contributed by atoms with Crippen LogP contribution in [0.1, 0.15) is 29.2 Å². The Labute approximate surface area is 115 Å². The van der Waals surface area contributed by atoms with Crippen molar-refractivity contribution in [2.24, 2.45) is 5.92 Å². The molecule has 0 atom stereocenters. The van der Waals surface area contributed by atoms with E-state index in [2.05, 4.69) is 50.0 Å². The van der Waals surface area contributed by atoms with Gasteiger partial charge in [-0.1, -0.05) is 19.8 Å². The van der Waals surface area contributed by atoms with Crippen molar-refractivity contribution < 1.29 is 0 Å². The van der Waals surface area contributed by atoms with E-state index in [0.29, 0.717) is 12.5 Å². The Bertz CT molecular complexity index is 401. The van der Waals surface area contributed by atoms with Crippen LogP contribution in [0.3, 0.4) is 0 Å². The predicted molar refractivity (Wildman–Crippen MR) is 80.8 cm³/mol. The van der Waals surface area contributed by atoms with E-state index in [-0.39, 0.29) is 0 Å². The van der Waals surface area contributed by atoms with Crippen LogP contribution in [0.5, 0.6) is 0 Å². The van der Waals surface area contributed by atoms with E-state index in [9.17, 15) is 0 Å². The lowest BCUT2D eigenvalue weighted by Gasteiger charge is -2.12. The second-order valence-electron chi connectivity index (χ2n) is 5.20. The molecule has 0 saturated carbocycles. The first-order valence-corrected chi connectivity index (χ1v) is 7.25. The van der Waals surface area contributed by atoms with Gasteiger partial charge in [0.05, 0.1) is 6.54 Å². The van der Waals surface area contributed by atoms with Gasteiger partial charge in [0.2, 0.25) is 0 Å². The summed E-state index contributed by atoms with van der Waals surface area (Å²) in [6, 6.07) is 2.31. The van der Waals surface area contributed by atoms with Crippen molar-refractivity contribution in [2.75, 3.05) is 20.1 Å². The maximum absolute atomic E-state index is 5.32. The number of aryl methyl sites for hydroxylation is 1. The van der Waals surface area contributed by atoms with Crippen molar-refractivity contribution in [3.8, 4) is 12.3 Å². The predicted octanol–water partition coefficient (Wildman–Crippen LogP) is 2.87. The Kier molecular flexibility index (Phi) is 6.42. The summed E-state index contributed by atoms with van der Waals surface area (Å²) < 4.78 is 0. The van der Waals surface area contributed by atoms with Gasteiger partial charge in [-0.15, -0.1) is 17.8 Å². The van der Waals surface area contributed by atoms with Crippen molar-refractivity contribution in [3.05, 3.63) is 21.4 Å². The zero-order valence-electron chi connectivity index (χ0n) is 11.9. The molecule has 0 saturated heterocycles. The largest absolute Gasteiger partial charge is 0.312 e. The van der Waals surface area contributed by atoms with Gasteiger partial charge in [-0.05, 0) is 38.1 Å². The third kappa shape index (κ3) is 5.22. The van der Waals surface area contributed by atoms with Gasteiger partial charge in [0.25, 0.3) is 0 Å². The van der Waals surface area contributed by atoms with Crippen molar-refractivity contribution >= 4 is 11.3 Å². The summed E-state index contributed by atoms with van der Waals surface area (Å²) >= 11 is 1.89. The highest BCUT2D eigenvalue weighted by molar-refractivity contribution is 7.12. The van der Waals surface area contributed by atoms with Gasteiger partial charge in [0.15, 0.2) is 0 Å². The van der Waals surface area contributed by atoms with Gasteiger partial charge in [0, 0.05) is 22.8 Å². The Balaban J connectivity index is 2.51. The van der Waals surface area contributed by atoms with E-state index >= 15 is 0 Å². The van der Waals surface area contributed by atoms with Crippen molar-refractivity contribution in [2.45, 2.75) is 33.9 Å². The Hall–Kier alpha value is -0.820. The number of nitrogens with one attached hydrogen (secondary N) is 1. The lowest BCUT2D eigenvalue weighted by atomic mass is 10.2. The normalized spacial score (nSPS) is 11.2. The molecule has 1 rings (SSSR count). The highest BCUT2D eigenvalue weighted by Gasteiger charge is 2.07. The molecule has 0 fully saturated rings. The summed E-state index contributed by atoms with van der Waals surface area (Å²) in [6.45, 7) is 10.3.